The van der Waals surface area contributed by atoms with E-state index in [1.54, 1.807) is 25.3 Å². The van der Waals surface area contributed by atoms with E-state index in [4.69, 9.17) is 9.47 Å². The lowest BCUT2D eigenvalue weighted by atomic mass is 9.96. The van der Waals surface area contributed by atoms with Crippen molar-refractivity contribution in [2.24, 2.45) is 0 Å². The fourth-order valence-electron chi connectivity index (χ4n) is 4.58. The summed E-state index contributed by atoms with van der Waals surface area (Å²) in [6, 6.07) is 16.2. The maximum absolute atomic E-state index is 13.3. The summed E-state index contributed by atoms with van der Waals surface area (Å²) in [6.45, 7) is 2.29. The quantitative estimate of drug-likeness (QED) is 0.552. The standard InChI is InChI=1S/C26H32N4O3/c1-29(17-19-9-5-4-6-10-19)26(31)21-16-27-28-25(21)22-11-7-8-14-30(22)18-20-12-13-23(32-2)24(15-20)33-3/h4-6,9-10,12-13,15-16,22H,7-8,11,14,17-18H2,1-3H3,(H,27,28). The number of carbonyl (C=O) groups is 1. The van der Waals surface area contributed by atoms with E-state index in [1.165, 1.54) is 0 Å². The van der Waals surface area contributed by atoms with Gasteiger partial charge in [0.25, 0.3) is 5.91 Å². The number of H-pyrrole nitrogens is 1. The maximum atomic E-state index is 13.3. The number of hydrogen-bond acceptors (Lipinski definition) is 5. The molecule has 3 aromatic rings. The maximum Gasteiger partial charge on any atom is 0.257 e. The van der Waals surface area contributed by atoms with Crippen molar-refractivity contribution in [1.29, 1.82) is 0 Å². The van der Waals surface area contributed by atoms with E-state index in [-0.39, 0.29) is 11.9 Å². The van der Waals surface area contributed by atoms with Crippen LogP contribution in [0.1, 0.15) is 52.5 Å². The molecule has 0 spiro atoms. The van der Waals surface area contributed by atoms with Gasteiger partial charge < -0.3 is 14.4 Å². The fourth-order valence-corrected chi connectivity index (χ4v) is 4.58. The highest BCUT2D eigenvalue weighted by molar-refractivity contribution is 5.95. The Labute approximate surface area is 195 Å². The van der Waals surface area contributed by atoms with Crippen LogP contribution in [0.2, 0.25) is 0 Å². The first kappa shape index (κ1) is 22.9. The topological polar surface area (TPSA) is 70.7 Å². The van der Waals surface area contributed by atoms with Crippen molar-refractivity contribution in [3.8, 4) is 11.5 Å². The van der Waals surface area contributed by atoms with Gasteiger partial charge in [0, 0.05) is 20.1 Å². The molecular formula is C26H32N4O3. The lowest BCUT2D eigenvalue weighted by Gasteiger charge is -2.35. The van der Waals surface area contributed by atoms with E-state index in [2.05, 4.69) is 21.2 Å². The van der Waals surface area contributed by atoms with E-state index in [0.29, 0.717) is 12.1 Å². The number of benzene rings is 2. The lowest BCUT2D eigenvalue weighted by Crippen LogP contribution is -2.35. The Kier molecular flexibility index (Phi) is 7.29. The zero-order valence-corrected chi connectivity index (χ0v) is 19.6. The van der Waals surface area contributed by atoms with Crippen LogP contribution in [0.4, 0.5) is 0 Å². The van der Waals surface area contributed by atoms with Gasteiger partial charge in [-0.2, -0.15) is 5.10 Å². The fraction of sp³-hybridized carbons (Fsp3) is 0.385. The second-order valence-corrected chi connectivity index (χ2v) is 8.52. The minimum atomic E-state index is -0.0146. The Morgan fingerprint density at radius 1 is 1.09 bits per heavy atom. The smallest absolute Gasteiger partial charge is 0.257 e. The van der Waals surface area contributed by atoms with E-state index < -0.39 is 0 Å². The number of rotatable bonds is 8. The first-order valence-corrected chi connectivity index (χ1v) is 11.4. The van der Waals surface area contributed by atoms with Gasteiger partial charge in [-0.05, 0) is 42.6 Å². The van der Waals surface area contributed by atoms with Crippen molar-refractivity contribution in [3.63, 3.8) is 0 Å². The molecule has 4 rings (SSSR count). The third-order valence-corrected chi connectivity index (χ3v) is 6.29. The number of nitrogens with zero attached hydrogens (tertiary/aromatic N) is 3. The number of hydrogen-bond donors (Lipinski definition) is 1. The Morgan fingerprint density at radius 2 is 1.88 bits per heavy atom. The largest absolute Gasteiger partial charge is 0.493 e. The first-order chi connectivity index (χ1) is 16.1. The SMILES string of the molecule is COc1ccc(CN2CCCCC2c2[nH]ncc2C(=O)N(C)Cc2ccccc2)cc1OC. The van der Waals surface area contributed by atoms with E-state index in [1.807, 2.05) is 49.5 Å². The number of ether oxygens (including phenoxy) is 2. The summed E-state index contributed by atoms with van der Waals surface area (Å²) in [4.78, 5) is 17.5. The minimum absolute atomic E-state index is 0.0146. The average molecular weight is 449 g/mol. The van der Waals surface area contributed by atoms with Crippen LogP contribution >= 0.6 is 0 Å². The zero-order valence-electron chi connectivity index (χ0n) is 19.6. The van der Waals surface area contributed by atoms with Crippen molar-refractivity contribution < 1.29 is 14.3 Å². The predicted molar refractivity (Wildman–Crippen MR) is 127 cm³/mol. The van der Waals surface area contributed by atoms with Crippen LogP contribution in [-0.4, -0.2) is 53.7 Å². The van der Waals surface area contributed by atoms with Crippen molar-refractivity contribution in [2.75, 3.05) is 27.8 Å². The molecule has 174 valence electrons. The van der Waals surface area contributed by atoms with Crippen LogP contribution in [0.3, 0.4) is 0 Å². The second kappa shape index (κ2) is 10.5. The Balaban J connectivity index is 1.53. The van der Waals surface area contributed by atoms with E-state index >= 15 is 0 Å². The third-order valence-electron chi connectivity index (χ3n) is 6.29. The summed E-state index contributed by atoms with van der Waals surface area (Å²) >= 11 is 0. The highest BCUT2D eigenvalue weighted by Gasteiger charge is 2.30. The second-order valence-electron chi connectivity index (χ2n) is 8.52. The van der Waals surface area contributed by atoms with Gasteiger partial charge >= 0.3 is 0 Å². The lowest BCUT2D eigenvalue weighted by molar-refractivity contribution is 0.0776. The predicted octanol–water partition coefficient (Wildman–Crippen LogP) is 4.43. The molecule has 2 aromatic carbocycles. The Bertz CT molecular complexity index is 1070. The van der Waals surface area contributed by atoms with Crippen molar-refractivity contribution in [3.05, 3.63) is 77.1 Å². The molecule has 0 radical (unpaired) electrons. The number of aromatic amines is 1. The molecule has 1 N–H and O–H groups in total. The molecule has 1 aliphatic rings. The molecule has 1 aliphatic heterocycles. The molecule has 2 heterocycles. The number of amides is 1. The van der Waals surface area contributed by atoms with Gasteiger partial charge in [0.05, 0.1) is 37.7 Å². The van der Waals surface area contributed by atoms with Gasteiger partial charge in [-0.3, -0.25) is 14.8 Å². The summed E-state index contributed by atoms with van der Waals surface area (Å²) in [5, 5.41) is 7.41. The highest BCUT2D eigenvalue weighted by Crippen LogP contribution is 2.35. The molecule has 33 heavy (non-hydrogen) atoms. The van der Waals surface area contributed by atoms with Gasteiger partial charge in [-0.25, -0.2) is 0 Å². The van der Waals surface area contributed by atoms with Gasteiger partial charge in [0.15, 0.2) is 11.5 Å². The highest BCUT2D eigenvalue weighted by atomic mass is 16.5. The first-order valence-electron chi connectivity index (χ1n) is 11.4. The number of nitrogens with one attached hydrogen (secondary N) is 1. The third kappa shape index (κ3) is 5.20. The monoisotopic (exact) mass is 448 g/mol. The van der Waals surface area contributed by atoms with Crippen LogP contribution in [-0.2, 0) is 13.1 Å². The molecule has 1 unspecified atom stereocenters. The summed E-state index contributed by atoms with van der Waals surface area (Å²) in [6.07, 6.45) is 4.91. The molecule has 1 atom stereocenters. The molecule has 1 amide bonds. The Morgan fingerprint density at radius 3 is 2.64 bits per heavy atom. The van der Waals surface area contributed by atoms with Crippen LogP contribution < -0.4 is 9.47 Å². The molecule has 7 nitrogen and oxygen atoms in total. The molecular weight excluding hydrogens is 416 g/mol. The van der Waals surface area contributed by atoms with Crippen molar-refractivity contribution >= 4 is 5.91 Å². The van der Waals surface area contributed by atoms with Crippen LogP contribution in [0, 0.1) is 0 Å². The van der Waals surface area contributed by atoms with Gasteiger partial charge in [0.1, 0.15) is 0 Å². The normalized spacial score (nSPS) is 16.4. The summed E-state index contributed by atoms with van der Waals surface area (Å²) < 4.78 is 10.9. The van der Waals surface area contributed by atoms with E-state index in [0.717, 1.165) is 60.7 Å². The van der Waals surface area contributed by atoms with Crippen molar-refractivity contribution in [2.45, 2.75) is 38.4 Å². The molecule has 0 saturated carbocycles. The van der Waals surface area contributed by atoms with Crippen LogP contribution in [0.25, 0.3) is 0 Å². The number of carbonyl (C=O) groups excluding carboxylic acids is 1. The van der Waals surface area contributed by atoms with Crippen molar-refractivity contribution in [1.82, 2.24) is 20.0 Å². The van der Waals surface area contributed by atoms with Crippen LogP contribution in [0.5, 0.6) is 11.5 Å². The average Bonchev–Trinajstić information content (AvgIpc) is 3.34. The molecule has 0 bridgehead atoms. The number of likely N-dealkylation sites (tertiary alicyclic amines) is 1. The van der Waals surface area contributed by atoms with Gasteiger partial charge in [0.2, 0.25) is 0 Å². The van der Waals surface area contributed by atoms with Gasteiger partial charge in [-0.15, -0.1) is 0 Å². The number of piperidine rings is 1. The number of aromatic nitrogens is 2. The molecule has 7 heteroatoms. The Hall–Kier alpha value is -3.32. The van der Waals surface area contributed by atoms with Gasteiger partial charge in [-0.1, -0.05) is 42.8 Å². The molecule has 1 aromatic heterocycles. The summed E-state index contributed by atoms with van der Waals surface area (Å²) in [7, 11) is 5.14. The molecule has 0 aliphatic carbocycles. The van der Waals surface area contributed by atoms with E-state index in [9.17, 15) is 4.79 Å². The minimum Gasteiger partial charge on any atom is -0.493 e. The molecule has 1 fully saturated rings. The summed E-state index contributed by atoms with van der Waals surface area (Å²) in [5.41, 5.74) is 3.80. The number of methoxy groups -OCH3 is 2. The zero-order chi connectivity index (χ0) is 23.2. The molecule has 1 saturated heterocycles. The van der Waals surface area contributed by atoms with Crippen LogP contribution in [0.15, 0.2) is 54.7 Å². The summed E-state index contributed by atoms with van der Waals surface area (Å²) in [5.74, 6) is 1.43.